The van der Waals surface area contributed by atoms with Crippen molar-refractivity contribution in [2.75, 3.05) is 24.5 Å². The second-order valence-electron chi connectivity index (χ2n) is 8.30. The van der Waals surface area contributed by atoms with Gasteiger partial charge in [0.15, 0.2) is 0 Å². The van der Waals surface area contributed by atoms with Gasteiger partial charge in [0.05, 0.1) is 17.1 Å². The molecule has 0 N–H and O–H groups in total. The van der Waals surface area contributed by atoms with E-state index in [9.17, 15) is 22.8 Å². The van der Waals surface area contributed by atoms with E-state index in [1.807, 2.05) is 4.90 Å². The molecule has 1 spiro atoms. The van der Waals surface area contributed by atoms with Crippen molar-refractivity contribution in [3.8, 4) is 0 Å². The molecule has 6 nitrogen and oxygen atoms in total. The number of benzene rings is 2. The Bertz CT molecular complexity index is 1020. The van der Waals surface area contributed by atoms with Crippen LogP contribution < -0.4 is 4.90 Å². The lowest BCUT2D eigenvalue weighted by Crippen LogP contribution is -2.46. The van der Waals surface area contributed by atoms with Crippen molar-refractivity contribution in [3.63, 3.8) is 0 Å². The quantitative estimate of drug-likeness (QED) is 0.541. The van der Waals surface area contributed by atoms with Crippen molar-refractivity contribution >= 4 is 29.9 Å². The highest BCUT2D eigenvalue weighted by atomic mass is 35.5. The number of ether oxygens (including phenoxy) is 2. The average Bonchev–Trinajstić information content (AvgIpc) is 3.10. The second-order valence-corrected chi connectivity index (χ2v) is 8.71. The summed E-state index contributed by atoms with van der Waals surface area (Å²) in [6.07, 6.45) is -3.76. The Balaban J connectivity index is 1.37. The molecule has 2 heterocycles. The van der Waals surface area contributed by atoms with Crippen molar-refractivity contribution < 1.29 is 32.2 Å². The molecule has 2 aliphatic rings. The number of anilines is 1. The van der Waals surface area contributed by atoms with Crippen molar-refractivity contribution in [3.05, 3.63) is 64.2 Å². The minimum absolute atomic E-state index is 0.159. The topological polar surface area (TPSA) is 59.1 Å². The summed E-state index contributed by atoms with van der Waals surface area (Å²) >= 11 is 5.71. The molecule has 2 saturated heterocycles. The van der Waals surface area contributed by atoms with Crippen LogP contribution in [0.5, 0.6) is 0 Å². The summed E-state index contributed by atoms with van der Waals surface area (Å²) < 4.78 is 49.9. The Hall–Kier alpha value is -2.78. The van der Waals surface area contributed by atoms with Crippen LogP contribution in [0.3, 0.4) is 0 Å². The van der Waals surface area contributed by atoms with Crippen molar-refractivity contribution in [2.24, 2.45) is 0 Å². The zero-order chi connectivity index (χ0) is 23.6. The maximum atomic E-state index is 13.1. The summed E-state index contributed by atoms with van der Waals surface area (Å²) in [5.41, 5.74) is 0.572. The number of hydrogen-bond acceptors (Lipinski definition) is 5. The lowest BCUT2D eigenvalue weighted by Gasteiger charge is -2.37. The molecule has 176 valence electrons. The molecule has 0 saturated carbocycles. The number of piperidine rings is 1. The first-order chi connectivity index (χ1) is 15.7. The predicted octanol–water partition coefficient (Wildman–Crippen LogP) is 5.02. The number of rotatable bonds is 6. The SMILES string of the molecule is O=COCc1ccc(N2CC3(CCN(Cc4ccc(Cl)c(C(F)(F)F)c4)CC3)OC2=O)cc1. The fourth-order valence-electron chi connectivity index (χ4n) is 4.25. The average molecular weight is 483 g/mol. The molecule has 0 aromatic heterocycles. The van der Waals surface area contributed by atoms with Crippen LogP contribution in [-0.4, -0.2) is 42.7 Å². The highest BCUT2D eigenvalue weighted by molar-refractivity contribution is 6.31. The number of halogens is 4. The van der Waals surface area contributed by atoms with E-state index in [-0.39, 0.29) is 11.6 Å². The number of hydrogen-bond donors (Lipinski definition) is 0. The predicted molar refractivity (Wildman–Crippen MR) is 115 cm³/mol. The minimum Gasteiger partial charge on any atom is -0.463 e. The number of nitrogens with zero attached hydrogens (tertiary/aromatic N) is 2. The van der Waals surface area contributed by atoms with Crippen LogP contribution in [-0.2, 0) is 33.6 Å². The molecule has 0 radical (unpaired) electrons. The van der Waals surface area contributed by atoms with Gasteiger partial charge < -0.3 is 9.47 Å². The summed E-state index contributed by atoms with van der Waals surface area (Å²) in [5, 5.41) is -0.314. The van der Waals surface area contributed by atoms with E-state index >= 15 is 0 Å². The third-order valence-electron chi connectivity index (χ3n) is 6.05. The maximum Gasteiger partial charge on any atom is 0.417 e. The van der Waals surface area contributed by atoms with Gasteiger partial charge in [-0.1, -0.05) is 29.8 Å². The van der Waals surface area contributed by atoms with E-state index in [1.54, 1.807) is 35.2 Å². The van der Waals surface area contributed by atoms with E-state index < -0.39 is 23.4 Å². The van der Waals surface area contributed by atoms with Gasteiger partial charge in [-0.15, -0.1) is 0 Å². The van der Waals surface area contributed by atoms with Crippen molar-refractivity contribution in [2.45, 2.75) is 37.8 Å². The van der Waals surface area contributed by atoms with Crippen LogP contribution in [0, 0.1) is 0 Å². The van der Waals surface area contributed by atoms with Gasteiger partial charge in [-0.25, -0.2) is 4.79 Å². The molecule has 2 aromatic carbocycles. The number of likely N-dealkylation sites (tertiary alicyclic amines) is 1. The third-order valence-corrected chi connectivity index (χ3v) is 6.38. The minimum atomic E-state index is -4.50. The standard InChI is InChI=1S/C23H22ClF3N2O4/c24-20-6-3-17(11-19(20)23(25,26)27)12-28-9-7-22(8-10-28)14-29(21(31)33-22)18-4-1-16(2-5-18)13-32-15-30/h1-6,11,15H,7-10,12-14H2. The molecule has 2 fully saturated rings. The van der Waals surface area contributed by atoms with Crippen molar-refractivity contribution in [1.82, 2.24) is 4.90 Å². The van der Waals surface area contributed by atoms with Gasteiger partial charge in [0.25, 0.3) is 6.47 Å². The van der Waals surface area contributed by atoms with Gasteiger partial charge in [-0.3, -0.25) is 14.6 Å². The van der Waals surface area contributed by atoms with Crippen LogP contribution in [0.4, 0.5) is 23.7 Å². The molecule has 10 heteroatoms. The van der Waals surface area contributed by atoms with Crippen LogP contribution >= 0.6 is 11.6 Å². The molecule has 33 heavy (non-hydrogen) atoms. The molecule has 0 bridgehead atoms. The molecule has 0 atom stereocenters. The van der Waals surface area contributed by atoms with Crippen LogP contribution in [0.1, 0.15) is 29.5 Å². The maximum absolute atomic E-state index is 13.1. The molecular formula is C23H22ClF3N2O4. The lowest BCUT2D eigenvalue weighted by molar-refractivity contribution is -0.137. The zero-order valence-electron chi connectivity index (χ0n) is 17.6. The summed E-state index contributed by atoms with van der Waals surface area (Å²) in [7, 11) is 0. The van der Waals surface area contributed by atoms with E-state index in [0.717, 1.165) is 11.6 Å². The normalized spacial score (nSPS) is 18.4. The van der Waals surface area contributed by atoms with Gasteiger partial charge in [0.2, 0.25) is 0 Å². The van der Waals surface area contributed by atoms with Gasteiger partial charge in [0, 0.05) is 38.2 Å². The molecule has 2 aliphatic heterocycles. The summed E-state index contributed by atoms with van der Waals surface area (Å²) in [6, 6.07) is 11.1. The zero-order valence-corrected chi connectivity index (χ0v) is 18.4. The fourth-order valence-corrected chi connectivity index (χ4v) is 4.47. The smallest absolute Gasteiger partial charge is 0.417 e. The van der Waals surface area contributed by atoms with Crippen molar-refractivity contribution in [1.29, 1.82) is 0 Å². The second kappa shape index (κ2) is 9.23. The molecular weight excluding hydrogens is 461 g/mol. The van der Waals surface area contributed by atoms with Crippen LogP contribution in [0.15, 0.2) is 42.5 Å². The first-order valence-corrected chi connectivity index (χ1v) is 10.8. The molecule has 4 rings (SSSR count). The monoisotopic (exact) mass is 482 g/mol. The molecule has 0 unspecified atom stereocenters. The first kappa shape index (κ1) is 23.4. The fraction of sp³-hybridized carbons (Fsp3) is 0.391. The Morgan fingerprint density at radius 1 is 1.09 bits per heavy atom. The number of amides is 1. The number of carbonyl (C=O) groups is 2. The van der Waals surface area contributed by atoms with E-state index in [0.29, 0.717) is 56.7 Å². The summed E-state index contributed by atoms with van der Waals surface area (Å²) in [5.74, 6) is 0. The highest BCUT2D eigenvalue weighted by Crippen LogP contribution is 2.38. The van der Waals surface area contributed by atoms with E-state index in [2.05, 4.69) is 0 Å². The van der Waals surface area contributed by atoms with Gasteiger partial charge in [0.1, 0.15) is 12.2 Å². The van der Waals surface area contributed by atoms with Gasteiger partial charge in [-0.2, -0.15) is 13.2 Å². The molecule has 1 amide bonds. The van der Waals surface area contributed by atoms with Gasteiger partial charge in [-0.05, 0) is 35.4 Å². The first-order valence-electron chi connectivity index (χ1n) is 10.4. The Labute approximate surface area is 193 Å². The van der Waals surface area contributed by atoms with Gasteiger partial charge >= 0.3 is 12.3 Å². The number of carbonyl (C=O) groups excluding carboxylic acids is 2. The number of alkyl halides is 3. The Morgan fingerprint density at radius 2 is 1.76 bits per heavy atom. The van der Waals surface area contributed by atoms with Crippen LogP contribution in [0.2, 0.25) is 5.02 Å². The Kier molecular flexibility index (Phi) is 6.54. The summed E-state index contributed by atoms with van der Waals surface area (Å²) in [6.45, 7) is 2.48. The van der Waals surface area contributed by atoms with E-state index in [4.69, 9.17) is 21.1 Å². The van der Waals surface area contributed by atoms with Crippen LogP contribution in [0.25, 0.3) is 0 Å². The molecule has 0 aliphatic carbocycles. The lowest BCUT2D eigenvalue weighted by atomic mass is 9.91. The molecule has 2 aromatic rings. The third kappa shape index (κ3) is 5.25. The largest absolute Gasteiger partial charge is 0.463 e. The highest BCUT2D eigenvalue weighted by Gasteiger charge is 2.47. The summed E-state index contributed by atoms with van der Waals surface area (Å²) in [4.78, 5) is 26.5. The Morgan fingerprint density at radius 3 is 2.39 bits per heavy atom. The van der Waals surface area contributed by atoms with E-state index in [1.165, 1.54) is 6.07 Å².